The zero-order valence-electron chi connectivity index (χ0n) is 8.55. The van der Waals surface area contributed by atoms with Crippen LogP contribution in [-0.2, 0) is 0 Å². The molecule has 0 aromatic heterocycles. The fraction of sp³-hybridized carbons (Fsp3) is 0. The molecule has 0 atom stereocenters. The number of anilines is 1. The highest BCUT2D eigenvalue weighted by Crippen LogP contribution is 2.24. The average molecular weight is 245 g/mol. The maximum absolute atomic E-state index is 5.83. The Balaban J connectivity index is 2.52. The molecule has 0 aliphatic carbocycles. The highest BCUT2D eigenvalue weighted by molar-refractivity contribution is 8.11. The Kier molecular flexibility index (Phi) is 3.27. The molecule has 2 aromatic rings. The van der Waals surface area contributed by atoms with Gasteiger partial charge in [0.1, 0.15) is 0 Å². The average Bonchev–Trinajstić information content (AvgIpc) is 2.30. The standard InChI is InChI=1S/C13H11NS2/c14-12-7-6-10(8-11(12)13(15)16)9-4-2-1-3-5-9/h1-8H,14H2,(H,15,16). The van der Waals surface area contributed by atoms with Gasteiger partial charge in [0, 0.05) is 11.3 Å². The topological polar surface area (TPSA) is 26.0 Å². The molecule has 1 nitrogen and oxygen atoms in total. The second-order valence-corrected chi connectivity index (χ2v) is 4.63. The van der Waals surface area contributed by atoms with Crippen LogP contribution in [0.4, 0.5) is 5.69 Å². The highest BCUT2D eigenvalue weighted by atomic mass is 32.1. The summed E-state index contributed by atoms with van der Waals surface area (Å²) in [6, 6.07) is 15.9. The van der Waals surface area contributed by atoms with Gasteiger partial charge in [0.15, 0.2) is 0 Å². The Morgan fingerprint density at radius 1 is 1.00 bits per heavy atom. The summed E-state index contributed by atoms with van der Waals surface area (Å²) in [6.45, 7) is 0. The molecule has 0 saturated carbocycles. The van der Waals surface area contributed by atoms with Crippen LogP contribution >= 0.6 is 24.8 Å². The van der Waals surface area contributed by atoms with E-state index >= 15 is 0 Å². The van der Waals surface area contributed by atoms with Gasteiger partial charge >= 0.3 is 0 Å². The second-order valence-electron chi connectivity index (χ2n) is 3.47. The lowest BCUT2D eigenvalue weighted by Gasteiger charge is -2.07. The van der Waals surface area contributed by atoms with Gasteiger partial charge in [-0.15, -0.1) is 12.6 Å². The van der Waals surface area contributed by atoms with Crippen molar-refractivity contribution in [1.29, 1.82) is 0 Å². The number of benzene rings is 2. The van der Waals surface area contributed by atoms with Crippen LogP contribution in [0.15, 0.2) is 48.5 Å². The van der Waals surface area contributed by atoms with E-state index in [-0.39, 0.29) is 0 Å². The minimum absolute atomic E-state index is 0.523. The van der Waals surface area contributed by atoms with Crippen LogP contribution in [0, 0.1) is 0 Å². The molecule has 2 N–H and O–H groups in total. The lowest BCUT2D eigenvalue weighted by molar-refractivity contribution is 1.60. The molecule has 2 aromatic carbocycles. The van der Waals surface area contributed by atoms with Crippen molar-refractivity contribution in [2.45, 2.75) is 0 Å². The molecule has 3 heteroatoms. The first-order chi connectivity index (χ1) is 7.68. The lowest BCUT2D eigenvalue weighted by Crippen LogP contribution is -1.96. The first-order valence-corrected chi connectivity index (χ1v) is 5.72. The van der Waals surface area contributed by atoms with Crippen molar-refractivity contribution in [3.63, 3.8) is 0 Å². The van der Waals surface area contributed by atoms with Crippen molar-refractivity contribution in [3.05, 3.63) is 54.1 Å². The third kappa shape index (κ3) is 2.26. The predicted molar refractivity (Wildman–Crippen MR) is 77.0 cm³/mol. The van der Waals surface area contributed by atoms with Crippen LogP contribution < -0.4 is 5.73 Å². The number of rotatable bonds is 2. The van der Waals surface area contributed by atoms with Crippen molar-refractivity contribution >= 4 is 34.7 Å². The molecule has 0 amide bonds. The Morgan fingerprint density at radius 2 is 1.69 bits per heavy atom. The largest absolute Gasteiger partial charge is 0.398 e. The summed E-state index contributed by atoms with van der Waals surface area (Å²) in [5.74, 6) is 0. The van der Waals surface area contributed by atoms with Gasteiger partial charge in [-0.25, -0.2) is 0 Å². The van der Waals surface area contributed by atoms with E-state index in [1.807, 2.05) is 36.4 Å². The summed E-state index contributed by atoms with van der Waals surface area (Å²) in [6.07, 6.45) is 0. The molecule has 0 spiro atoms. The SMILES string of the molecule is Nc1ccc(-c2ccccc2)cc1C(=S)S. The minimum Gasteiger partial charge on any atom is -0.398 e. The first-order valence-electron chi connectivity index (χ1n) is 4.87. The number of thiocarbonyl (C=S) groups is 1. The minimum atomic E-state index is 0.523. The monoisotopic (exact) mass is 245 g/mol. The summed E-state index contributed by atoms with van der Waals surface area (Å²) >= 11 is 9.21. The van der Waals surface area contributed by atoms with E-state index in [4.69, 9.17) is 18.0 Å². The number of hydrogen-bond acceptors (Lipinski definition) is 2. The molecule has 0 bridgehead atoms. The fourth-order valence-corrected chi connectivity index (χ4v) is 1.92. The molecular formula is C13H11NS2. The maximum Gasteiger partial charge on any atom is 0.0768 e. The van der Waals surface area contributed by atoms with Crippen molar-refractivity contribution in [1.82, 2.24) is 0 Å². The smallest absolute Gasteiger partial charge is 0.0768 e. The Hall–Kier alpha value is -1.32. The normalized spacial score (nSPS) is 10.1. The summed E-state index contributed by atoms with van der Waals surface area (Å²) in [7, 11) is 0. The molecule has 2 rings (SSSR count). The van der Waals surface area contributed by atoms with Crippen molar-refractivity contribution in [3.8, 4) is 11.1 Å². The molecule has 0 aliphatic rings. The molecule has 0 saturated heterocycles. The van der Waals surface area contributed by atoms with Crippen LogP contribution in [0.25, 0.3) is 11.1 Å². The van der Waals surface area contributed by atoms with Crippen LogP contribution in [0.3, 0.4) is 0 Å². The molecule has 80 valence electrons. The summed E-state index contributed by atoms with van der Waals surface area (Å²) < 4.78 is 0.523. The Labute approximate surface area is 106 Å². The molecule has 16 heavy (non-hydrogen) atoms. The maximum atomic E-state index is 5.83. The fourth-order valence-electron chi connectivity index (χ4n) is 1.55. The van der Waals surface area contributed by atoms with Crippen molar-refractivity contribution < 1.29 is 0 Å². The number of nitrogen functional groups attached to an aromatic ring is 1. The van der Waals surface area contributed by atoms with E-state index in [9.17, 15) is 0 Å². The Morgan fingerprint density at radius 3 is 2.31 bits per heavy atom. The van der Waals surface area contributed by atoms with E-state index in [2.05, 4.69) is 24.8 Å². The van der Waals surface area contributed by atoms with E-state index in [1.54, 1.807) is 0 Å². The Bertz CT molecular complexity index is 521. The first kappa shape index (κ1) is 11.2. The zero-order chi connectivity index (χ0) is 11.5. The quantitative estimate of drug-likeness (QED) is 0.481. The van der Waals surface area contributed by atoms with Gasteiger partial charge in [0.05, 0.1) is 4.20 Å². The van der Waals surface area contributed by atoms with Crippen molar-refractivity contribution in [2.75, 3.05) is 5.73 Å². The van der Waals surface area contributed by atoms with Gasteiger partial charge in [-0.2, -0.15) is 0 Å². The summed E-state index contributed by atoms with van der Waals surface area (Å²) in [5.41, 5.74) is 9.56. The van der Waals surface area contributed by atoms with Gasteiger partial charge in [-0.3, -0.25) is 0 Å². The van der Waals surface area contributed by atoms with Crippen LogP contribution in [0.5, 0.6) is 0 Å². The van der Waals surface area contributed by atoms with Gasteiger partial charge in [0.25, 0.3) is 0 Å². The molecule has 0 heterocycles. The predicted octanol–water partition coefficient (Wildman–Crippen LogP) is 3.54. The van der Waals surface area contributed by atoms with Gasteiger partial charge in [0.2, 0.25) is 0 Å². The van der Waals surface area contributed by atoms with E-state index in [0.29, 0.717) is 9.88 Å². The van der Waals surface area contributed by atoms with Crippen LogP contribution in [0.1, 0.15) is 5.56 Å². The van der Waals surface area contributed by atoms with Crippen LogP contribution in [-0.4, -0.2) is 4.20 Å². The molecular weight excluding hydrogens is 234 g/mol. The van der Waals surface area contributed by atoms with Gasteiger partial charge < -0.3 is 5.73 Å². The molecule has 0 fully saturated rings. The molecule has 0 unspecified atom stereocenters. The summed E-state index contributed by atoms with van der Waals surface area (Å²) in [4.78, 5) is 0. The van der Waals surface area contributed by atoms with Gasteiger partial charge in [-0.1, -0.05) is 48.6 Å². The third-order valence-electron chi connectivity index (χ3n) is 2.39. The highest BCUT2D eigenvalue weighted by Gasteiger charge is 2.04. The zero-order valence-corrected chi connectivity index (χ0v) is 10.3. The molecule has 0 aliphatic heterocycles. The summed E-state index contributed by atoms with van der Waals surface area (Å²) in [5, 5.41) is 0. The van der Waals surface area contributed by atoms with Crippen molar-refractivity contribution in [2.24, 2.45) is 0 Å². The van der Waals surface area contributed by atoms with E-state index < -0.39 is 0 Å². The van der Waals surface area contributed by atoms with E-state index in [1.165, 1.54) is 0 Å². The second kappa shape index (κ2) is 4.68. The number of thiol groups is 1. The number of hydrogen-bond donors (Lipinski definition) is 2. The van der Waals surface area contributed by atoms with E-state index in [0.717, 1.165) is 16.7 Å². The van der Waals surface area contributed by atoms with Crippen LogP contribution in [0.2, 0.25) is 0 Å². The lowest BCUT2D eigenvalue weighted by atomic mass is 10.0. The number of nitrogens with two attached hydrogens (primary N) is 1. The van der Waals surface area contributed by atoms with Gasteiger partial charge in [-0.05, 0) is 23.3 Å². The molecule has 0 radical (unpaired) electrons. The third-order valence-corrected chi connectivity index (χ3v) is 2.85.